The number of hydrogen-bond acceptors (Lipinski definition) is 3. The molecule has 0 radical (unpaired) electrons. The second-order valence-corrected chi connectivity index (χ2v) is 4.63. The number of imidazole rings is 1. The lowest BCUT2D eigenvalue weighted by Crippen LogP contribution is -1.98. The molecule has 5 heteroatoms. The Bertz CT molecular complexity index is 752. The topological polar surface area (TPSA) is 50.9 Å². The van der Waals surface area contributed by atoms with E-state index in [1.54, 1.807) is 12.3 Å². The number of fused-ring (bicyclic) bond motifs is 1. The molecule has 0 fully saturated rings. The largest absolute Gasteiger partial charge is 0.506 e. The average molecular weight is 274 g/mol. The van der Waals surface area contributed by atoms with E-state index >= 15 is 0 Å². The molecule has 1 aromatic carbocycles. The molecule has 0 amide bonds. The van der Waals surface area contributed by atoms with Crippen LogP contribution in [-0.2, 0) is 6.54 Å². The predicted molar refractivity (Wildman–Crippen MR) is 75.3 cm³/mol. The SMILES string of the molecule is CCn1c(-c2cncc(O)c2)nc2cccc(Cl)c21. The normalized spacial score (nSPS) is 11.1. The zero-order valence-electron chi connectivity index (χ0n) is 10.3. The molecule has 0 saturated heterocycles. The number of para-hydroxylation sites is 1. The van der Waals surface area contributed by atoms with Gasteiger partial charge in [-0.3, -0.25) is 4.98 Å². The third-order valence-electron chi connectivity index (χ3n) is 3.02. The Morgan fingerprint density at radius 3 is 2.89 bits per heavy atom. The first-order chi connectivity index (χ1) is 9.20. The molecule has 2 aromatic heterocycles. The highest BCUT2D eigenvalue weighted by molar-refractivity contribution is 6.35. The Hall–Kier alpha value is -2.07. The van der Waals surface area contributed by atoms with Crippen LogP contribution in [0.25, 0.3) is 22.4 Å². The molecule has 0 aliphatic carbocycles. The van der Waals surface area contributed by atoms with Crippen LogP contribution < -0.4 is 0 Å². The summed E-state index contributed by atoms with van der Waals surface area (Å²) < 4.78 is 2.02. The number of hydrogen-bond donors (Lipinski definition) is 1. The Kier molecular flexibility index (Phi) is 2.87. The lowest BCUT2D eigenvalue weighted by Gasteiger charge is -2.06. The van der Waals surface area contributed by atoms with Gasteiger partial charge in [0.15, 0.2) is 0 Å². The molecule has 3 aromatic rings. The van der Waals surface area contributed by atoms with Crippen molar-refractivity contribution < 1.29 is 5.11 Å². The van der Waals surface area contributed by atoms with Gasteiger partial charge in [0.25, 0.3) is 0 Å². The van der Waals surface area contributed by atoms with Gasteiger partial charge in [-0.25, -0.2) is 4.98 Å². The highest BCUT2D eigenvalue weighted by atomic mass is 35.5. The summed E-state index contributed by atoms with van der Waals surface area (Å²) in [4.78, 5) is 8.58. The summed E-state index contributed by atoms with van der Waals surface area (Å²) in [6.07, 6.45) is 3.08. The maximum atomic E-state index is 9.54. The lowest BCUT2D eigenvalue weighted by molar-refractivity contribution is 0.473. The van der Waals surface area contributed by atoms with Gasteiger partial charge in [-0.1, -0.05) is 17.7 Å². The molecule has 3 rings (SSSR count). The molecule has 19 heavy (non-hydrogen) atoms. The maximum absolute atomic E-state index is 9.54. The van der Waals surface area contributed by atoms with Crippen molar-refractivity contribution in [3.63, 3.8) is 0 Å². The minimum atomic E-state index is 0.123. The molecule has 0 atom stereocenters. The number of pyridine rings is 1. The summed E-state index contributed by atoms with van der Waals surface area (Å²) in [6, 6.07) is 7.30. The van der Waals surface area contributed by atoms with Crippen LogP contribution in [0.5, 0.6) is 5.75 Å². The molecular weight excluding hydrogens is 262 g/mol. The van der Waals surface area contributed by atoms with Crippen LogP contribution >= 0.6 is 11.6 Å². The van der Waals surface area contributed by atoms with E-state index in [0.717, 1.165) is 29.0 Å². The van der Waals surface area contributed by atoms with Crippen LogP contribution in [0.4, 0.5) is 0 Å². The van der Waals surface area contributed by atoms with Crippen molar-refractivity contribution in [2.45, 2.75) is 13.5 Å². The van der Waals surface area contributed by atoms with Gasteiger partial charge < -0.3 is 9.67 Å². The summed E-state index contributed by atoms with van der Waals surface area (Å²) in [5, 5.41) is 10.2. The number of benzene rings is 1. The molecule has 4 nitrogen and oxygen atoms in total. The summed E-state index contributed by atoms with van der Waals surface area (Å²) >= 11 is 6.25. The van der Waals surface area contributed by atoms with Crippen molar-refractivity contribution in [3.05, 3.63) is 41.7 Å². The fourth-order valence-electron chi connectivity index (χ4n) is 2.22. The number of rotatable bonds is 2. The number of aromatic hydroxyl groups is 1. The fraction of sp³-hybridized carbons (Fsp3) is 0.143. The predicted octanol–water partition coefficient (Wildman–Crippen LogP) is 3.48. The van der Waals surface area contributed by atoms with E-state index in [2.05, 4.69) is 9.97 Å². The number of halogens is 1. The van der Waals surface area contributed by atoms with E-state index in [1.165, 1.54) is 6.20 Å². The standard InChI is InChI=1S/C14H12ClN3O/c1-2-18-13-11(15)4-3-5-12(13)17-14(18)9-6-10(19)8-16-7-9/h3-8,19H,2H2,1H3. The first-order valence-electron chi connectivity index (χ1n) is 6.00. The monoisotopic (exact) mass is 273 g/mol. The Balaban J connectivity index is 2.33. The summed E-state index contributed by atoms with van der Waals surface area (Å²) in [7, 11) is 0. The molecule has 0 saturated carbocycles. The number of aryl methyl sites for hydroxylation is 1. The van der Waals surface area contributed by atoms with Gasteiger partial charge in [0.2, 0.25) is 0 Å². The molecule has 0 unspecified atom stereocenters. The van der Waals surface area contributed by atoms with Crippen molar-refractivity contribution in [2.75, 3.05) is 0 Å². The molecule has 0 bridgehead atoms. The highest BCUT2D eigenvalue weighted by Crippen LogP contribution is 2.30. The Labute approximate surface area is 115 Å². The molecular formula is C14H12ClN3O. The zero-order valence-corrected chi connectivity index (χ0v) is 11.1. The van der Waals surface area contributed by atoms with Crippen LogP contribution in [0.2, 0.25) is 5.02 Å². The molecule has 0 aliphatic heterocycles. The molecule has 2 heterocycles. The smallest absolute Gasteiger partial charge is 0.142 e. The van der Waals surface area contributed by atoms with Crippen molar-refractivity contribution in [1.29, 1.82) is 0 Å². The van der Waals surface area contributed by atoms with Crippen LogP contribution in [0.15, 0.2) is 36.7 Å². The van der Waals surface area contributed by atoms with Crippen LogP contribution in [-0.4, -0.2) is 19.6 Å². The quantitative estimate of drug-likeness (QED) is 0.778. The van der Waals surface area contributed by atoms with E-state index in [9.17, 15) is 5.11 Å². The Morgan fingerprint density at radius 1 is 1.32 bits per heavy atom. The van der Waals surface area contributed by atoms with Gasteiger partial charge in [0.05, 0.1) is 22.3 Å². The molecule has 0 spiro atoms. The minimum Gasteiger partial charge on any atom is -0.506 e. The van der Waals surface area contributed by atoms with E-state index in [0.29, 0.717) is 5.02 Å². The molecule has 1 N–H and O–H groups in total. The van der Waals surface area contributed by atoms with Gasteiger partial charge >= 0.3 is 0 Å². The second-order valence-electron chi connectivity index (χ2n) is 4.22. The first kappa shape index (κ1) is 12.0. The van der Waals surface area contributed by atoms with E-state index < -0.39 is 0 Å². The third kappa shape index (κ3) is 1.94. The lowest BCUT2D eigenvalue weighted by atomic mass is 10.2. The van der Waals surface area contributed by atoms with Crippen LogP contribution in [0.3, 0.4) is 0 Å². The van der Waals surface area contributed by atoms with Crippen molar-refractivity contribution in [1.82, 2.24) is 14.5 Å². The van der Waals surface area contributed by atoms with Gasteiger partial charge in [0.1, 0.15) is 11.6 Å². The van der Waals surface area contributed by atoms with Gasteiger partial charge in [-0.05, 0) is 25.1 Å². The minimum absolute atomic E-state index is 0.123. The number of nitrogens with zero attached hydrogens (tertiary/aromatic N) is 3. The third-order valence-corrected chi connectivity index (χ3v) is 3.32. The Morgan fingerprint density at radius 2 is 2.16 bits per heavy atom. The summed E-state index contributed by atoms with van der Waals surface area (Å²) in [6.45, 7) is 2.77. The van der Waals surface area contributed by atoms with Crippen LogP contribution in [0.1, 0.15) is 6.92 Å². The van der Waals surface area contributed by atoms with Crippen LogP contribution in [0, 0.1) is 0 Å². The summed E-state index contributed by atoms with van der Waals surface area (Å²) in [5.41, 5.74) is 2.52. The van der Waals surface area contributed by atoms with E-state index in [-0.39, 0.29) is 5.75 Å². The first-order valence-corrected chi connectivity index (χ1v) is 6.37. The second kappa shape index (κ2) is 4.55. The van der Waals surface area contributed by atoms with Gasteiger partial charge in [0, 0.05) is 18.3 Å². The van der Waals surface area contributed by atoms with E-state index in [1.807, 2.05) is 29.7 Å². The maximum Gasteiger partial charge on any atom is 0.142 e. The average Bonchev–Trinajstić information content (AvgIpc) is 2.78. The van der Waals surface area contributed by atoms with Crippen molar-refractivity contribution in [3.8, 4) is 17.1 Å². The van der Waals surface area contributed by atoms with E-state index in [4.69, 9.17) is 11.6 Å². The number of aromatic nitrogens is 3. The fourth-order valence-corrected chi connectivity index (χ4v) is 2.49. The summed E-state index contributed by atoms with van der Waals surface area (Å²) in [5.74, 6) is 0.882. The van der Waals surface area contributed by atoms with Crippen molar-refractivity contribution >= 4 is 22.6 Å². The van der Waals surface area contributed by atoms with Gasteiger partial charge in [-0.2, -0.15) is 0 Å². The molecule has 96 valence electrons. The van der Waals surface area contributed by atoms with Crippen molar-refractivity contribution in [2.24, 2.45) is 0 Å². The highest BCUT2D eigenvalue weighted by Gasteiger charge is 2.14. The molecule has 0 aliphatic rings. The van der Waals surface area contributed by atoms with Gasteiger partial charge in [-0.15, -0.1) is 0 Å². The zero-order chi connectivity index (χ0) is 13.4.